The van der Waals surface area contributed by atoms with E-state index in [2.05, 4.69) is 49.4 Å². The Bertz CT molecular complexity index is 360. The van der Waals surface area contributed by atoms with Crippen molar-refractivity contribution in [3.8, 4) is 0 Å². The molecular formula is C13H26N4S. The van der Waals surface area contributed by atoms with Gasteiger partial charge in [0.2, 0.25) is 0 Å². The molecule has 104 valence electrons. The van der Waals surface area contributed by atoms with Gasteiger partial charge in [-0.15, -0.1) is 10.2 Å². The van der Waals surface area contributed by atoms with Gasteiger partial charge < -0.3 is 10.3 Å². The molecule has 0 aliphatic carbocycles. The molecule has 0 spiro atoms. The van der Waals surface area contributed by atoms with E-state index in [1.54, 1.807) is 11.8 Å². The number of nitrogens with two attached hydrogens (primary N) is 1. The van der Waals surface area contributed by atoms with Crippen molar-refractivity contribution in [3.63, 3.8) is 0 Å². The minimum atomic E-state index is 0.362. The van der Waals surface area contributed by atoms with Crippen molar-refractivity contribution in [3.05, 3.63) is 5.82 Å². The lowest BCUT2D eigenvalue weighted by molar-refractivity contribution is 0.473. The van der Waals surface area contributed by atoms with E-state index in [1.807, 2.05) is 0 Å². The quantitative estimate of drug-likeness (QED) is 0.774. The number of thioether (sulfide) groups is 1. The molecular weight excluding hydrogens is 244 g/mol. The molecule has 0 saturated carbocycles. The van der Waals surface area contributed by atoms with Crippen LogP contribution in [0.1, 0.15) is 52.9 Å². The first-order valence-electron chi connectivity index (χ1n) is 6.72. The van der Waals surface area contributed by atoms with E-state index in [-0.39, 0.29) is 0 Å². The van der Waals surface area contributed by atoms with Crippen molar-refractivity contribution in [2.45, 2.75) is 58.8 Å². The Morgan fingerprint density at radius 3 is 2.33 bits per heavy atom. The molecule has 0 aliphatic rings. The van der Waals surface area contributed by atoms with Gasteiger partial charge in [0.1, 0.15) is 5.82 Å². The van der Waals surface area contributed by atoms with E-state index in [0.29, 0.717) is 18.5 Å². The van der Waals surface area contributed by atoms with Crippen molar-refractivity contribution in [1.29, 1.82) is 0 Å². The standard InChI is InChI=1S/C13H26N4S/c1-9(2)6-11(5)8-18-13-16-15-12(7-14)17(13)10(3)4/h9-11H,6-8,14H2,1-5H3. The number of rotatable bonds is 7. The SMILES string of the molecule is CC(C)CC(C)CSc1nnc(CN)n1C(C)C. The van der Waals surface area contributed by atoms with Crippen molar-refractivity contribution in [2.24, 2.45) is 17.6 Å². The first-order chi connectivity index (χ1) is 8.45. The van der Waals surface area contributed by atoms with Gasteiger partial charge in [0.15, 0.2) is 5.16 Å². The average Bonchev–Trinajstić information content (AvgIpc) is 2.68. The third kappa shape index (κ3) is 4.28. The molecule has 2 N–H and O–H groups in total. The van der Waals surface area contributed by atoms with Crippen LogP contribution in [0.25, 0.3) is 0 Å². The molecule has 0 bridgehead atoms. The van der Waals surface area contributed by atoms with Gasteiger partial charge in [-0.25, -0.2) is 0 Å². The molecule has 1 aromatic heterocycles. The summed E-state index contributed by atoms with van der Waals surface area (Å²) in [5.41, 5.74) is 5.69. The summed E-state index contributed by atoms with van der Waals surface area (Å²) in [5, 5.41) is 9.42. The second-order valence-corrected chi connectivity index (χ2v) is 6.60. The molecule has 0 radical (unpaired) electrons. The molecule has 0 fully saturated rings. The van der Waals surface area contributed by atoms with Crippen molar-refractivity contribution >= 4 is 11.8 Å². The number of hydrogen-bond acceptors (Lipinski definition) is 4. The summed E-state index contributed by atoms with van der Waals surface area (Å²) in [4.78, 5) is 0. The Morgan fingerprint density at radius 1 is 1.17 bits per heavy atom. The van der Waals surface area contributed by atoms with Crippen LogP contribution in [0, 0.1) is 11.8 Å². The zero-order valence-electron chi connectivity index (χ0n) is 12.2. The molecule has 1 unspecified atom stereocenters. The van der Waals surface area contributed by atoms with Gasteiger partial charge in [0.05, 0.1) is 6.54 Å². The third-order valence-corrected chi connectivity index (χ3v) is 4.08. The van der Waals surface area contributed by atoms with Crippen LogP contribution in [0.4, 0.5) is 0 Å². The van der Waals surface area contributed by atoms with Crippen molar-refractivity contribution in [1.82, 2.24) is 14.8 Å². The molecule has 1 rings (SSSR count). The fraction of sp³-hybridized carbons (Fsp3) is 0.846. The number of aromatic nitrogens is 3. The Morgan fingerprint density at radius 2 is 1.83 bits per heavy atom. The minimum absolute atomic E-state index is 0.362. The molecule has 0 amide bonds. The van der Waals surface area contributed by atoms with Gasteiger partial charge >= 0.3 is 0 Å². The molecule has 1 atom stereocenters. The average molecular weight is 270 g/mol. The molecule has 0 saturated heterocycles. The smallest absolute Gasteiger partial charge is 0.191 e. The van der Waals surface area contributed by atoms with Crippen LogP contribution in [0.2, 0.25) is 0 Å². The van der Waals surface area contributed by atoms with Crippen LogP contribution >= 0.6 is 11.8 Å². The third-order valence-electron chi connectivity index (χ3n) is 2.80. The molecule has 1 heterocycles. The van der Waals surface area contributed by atoms with Gasteiger partial charge in [-0.3, -0.25) is 0 Å². The van der Waals surface area contributed by atoms with Gasteiger partial charge in [0, 0.05) is 11.8 Å². The zero-order valence-corrected chi connectivity index (χ0v) is 13.0. The van der Waals surface area contributed by atoms with Gasteiger partial charge in [-0.2, -0.15) is 0 Å². The zero-order chi connectivity index (χ0) is 13.7. The normalized spacial score (nSPS) is 13.6. The number of hydrogen-bond donors (Lipinski definition) is 1. The fourth-order valence-corrected chi connectivity index (χ4v) is 3.28. The fourth-order valence-electron chi connectivity index (χ4n) is 2.15. The van der Waals surface area contributed by atoms with Crippen LogP contribution in [-0.2, 0) is 6.54 Å². The predicted molar refractivity (Wildman–Crippen MR) is 77.6 cm³/mol. The molecule has 18 heavy (non-hydrogen) atoms. The molecule has 4 nitrogen and oxygen atoms in total. The summed E-state index contributed by atoms with van der Waals surface area (Å²) in [6, 6.07) is 0.362. The van der Waals surface area contributed by atoms with E-state index in [9.17, 15) is 0 Å². The first kappa shape index (κ1) is 15.5. The lowest BCUT2D eigenvalue weighted by atomic mass is 10.0. The summed E-state index contributed by atoms with van der Waals surface area (Å²) in [6.07, 6.45) is 1.26. The highest BCUT2D eigenvalue weighted by Gasteiger charge is 2.15. The second kappa shape index (κ2) is 7.14. The van der Waals surface area contributed by atoms with Crippen molar-refractivity contribution in [2.75, 3.05) is 5.75 Å². The van der Waals surface area contributed by atoms with E-state index < -0.39 is 0 Å². The van der Waals surface area contributed by atoms with Crippen molar-refractivity contribution < 1.29 is 0 Å². The van der Waals surface area contributed by atoms with E-state index in [0.717, 1.165) is 22.7 Å². The Hall–Kier alpha value is -0.550. The van der Waals surface area contributed by atoms with E-state index in [4.69, 9.17) is 5.73 Å². The highest BCUT2D eigenvalue weighted by molar-refractivity contribution is 7.99. The second-order valence-electron chi connectivity index (χ2n) is 5.61. The topological polar surface area (TPSA) is 56.7 Å². The first-order valence-corrected chi connectivity index (χ1v) is 7.70. The van der Waals surface area contributed by atoms with Gasteiger partial charge in [-0.05, 0) is 32.1 Å². The molecule has 0 aliphatic heterocycles. The summed E-state index contributed by atoms with van der Waals surface area (Å²) in [7, 11) is 0. The monoisotopic (exact) mass is 270 g/mol. The van der Waals surface area contributed by atoms with Crippen LogP contribution in [-0.4, -0.2) is 20.5 Å². The van der Waals surface area contributed by atoms with Crippen LogP contribution in [0.5, 0.6) is 0 Å². The van der Waals surface area contributed by atoms with Crippen LogP contribution < -0.4 is 5.73 Å². The Labute approximate surface area is 115 Å². The minimum Gasteiger partial charge on any atom is -0.324 e. The summed E-state index contributed by atoms with van der Waals surface area (Å²) in [6.45, 7) is 11.6. The van der Waals surface area contributed by atoms with E-state index >= 15 is 0 Å². The maximum absolute atomic E-state index is 5.69. The summed E-state index contributed by atoms with van der Waals surface area (Å²) in [5.74, 6) is 3.42. The van der Waals surface area contributed by atoms with Crippen LogP contribution in [0.3, 0.4) is 0 Å². The highest BCUT2D eigenvalue weighted by Crippen LogP contribution is 2.25. The highest BCUT2D eigenvalue weighted by atomic mass is 32.2. The van der Waals surface area contributed by atoms with Crippen LogP contribution in [0.15, 0.2) is 5.16 Å². The van der Waals surface area contributed by atoms with E-state index in [1.165, 1.54) is 6.42 Å². The maximum atomic E-state index is 5.69. The molecule has 0 aromatic carbocycles. The summed E-state index contributed by atoms with van der Waals surface area (Å²) >= 11 is 1.80. The Kier molecular flexibility index (Phi) is 6.15. The number of nitrogens with zero attached hydrogens (tertiary/aromatic N) is 3. The van der Waals surface area contributed by atoms with Gasteiger partial charge in [-0.1, -0.05) is 32.5 Å². The lowest BCUT2D eigenvalue weighted by Gasteiger charge is -2.15. The molecule has 5 heteroatoms. The summed E-state index contributed by atoms with van der Waals surface area (Å²) < 4.78 is 2.15. The Balaban J connectivity index is 2.64. The van der Waals surface area contributed by atoms with Gasteiger partial charge in [0.25, 0.3) is 0 Å². The lowest BCUT2D eigenvalue weighted by Crippen LogP contribution is -2.12. The molecule has 1 aromatic rings. The predicted octanol–water partition coefficient (Wildman–Crippen LogP) is 3.09. The largest absolute Gasteiger partial charge is 0.324 e. The maximum Gasteiger partial charge on any atom is 0.191 e.